The van der Waals surface area contributed by atoms with Crippen molar-refractivity contribution >= 4 is 12.0 Å². The van der Waals surface area contributed by atoms with E-state index in [9.17, 15) is 14.7 Å². The number of aliphatic hydroxyl groups excluding tert-OH is 1. The Hall–Kier alpha value is -2.02. The van der Waals surface area contributed by atoms with E-state index in [4.69, 9.17) is 9.52 Å². The van der Waals surface area contributed by atoms with Crippen molar-refractivity contribution in [3.05, 3.63) is 24.2 Å². The summed E-state index contributed by atoms with van der Waals surface area (Å²) >= 11 is 0. The molecule has 0 saturated heterocycles. The summed E-state index contributed by atoms with van der Waals surface area (Å²) in [4.78, 5) is 21.8. The van der Waals surface area contributed by atoms with Crippen LogP contribution in [0.2, 0.25) is 0 Å². The molecule has 2 atom stereocenters. The highest BCUT2D eigenvalue weighted by Gasteiger charge is 2.16. The minimum Gasteiger partial charge on any atom is -0.481 e. The molecule has 1 aromatic heterocycles. The molecule has 2 unspecified atom stereocenters. The fraction of sp³-hybridized carbons (Fsp3) is 0.538. The molecule has 1 aromatic rings. The Kier molecular flexibility index (Phi) is 6.58. The van der Waals surface area contributed by atoms with E-state index < -0.39 is 12.1 Å². The molecule has 0 fully saturated rings. The van der Waals surface area contributed by atoms with Crippen LogP contribution in [-0.4, -0.2) is 34.8 Å². The third-order valence-electron chi connectivity index (χ3n) is 2.68. The van der Waals surface area contributed by atoms with Gasteiger partial charge in [-0.2, -0.15) is 0 Å². The number of urea groups is 1. The lowest BCUT2D eigenvalue weighted by molar-refractivity contribution is -0.137. The van der Waals surface area contributed by atoms with Crippen molar-refractivity contribution < 1.29 is 24.2 Å². The standard InChI is InChI=1S/C13H20N2O5/c1-9(8-10(16)11-4-3-7-20-11)15-13(19)14-6-2-5-12(17)18/h3-4,7,9-10,16H,2,5-6,8H2,1H3,(H,17,18)(H2,14,15,19). The van der Waals surface area contributed by atoms with Gasteiger partial charge in [-0.1, -0.05) is 0 Å². The molecule has 0 aromatic carbocycles. The Bertz CT molecular complexity index is 418. The second-order valence-corrected chi connectivity index (χ2v) is 4.57. The number of rotatable bonds is 8. The smallest absolute Gasteiger partial charge is 0.314 e. The van der Waals surface area contributed by atoms with E-state index in [1.54, 1.807) is 19.1 Å². The van der Waals surface area contributed by atoms with Gasteiger partial charge >= 0.3 is 12.0 Å². The molecule has 1 rings (SSSR count). The molecule has 0 aliphatic heterocycles. The lowest BCUT2D eigenvalue weighted by Gasteiger charge is -2.17. The maximum absolute atomic E-state index is 11.5. The van der Waals surface area contributed by atoms with Crippen molar-refractivity contribution in [3.63, 3.8) is 0 Å². The van der Waals surface area contributed by atoms with Gasteiger partial charge in [0, 0.05) is 25.4 Å². The summed E-state index contributed by atoms with van der Waals surface area (Å²) in [6, 6.07) is 2.74. The zero-order valence-electron chi connectivity index (χ0n) is 11.3. The van der Waals surface area contributed by atoms with Crippen LogP contribution in [0.25, 0.3) is 0 Å². The van der Waals surface area contributed by atoms with Crippen molar-refractivity contribution in [2.24, 2.45) is 0 Å². The molecule has 0 spiro atoms. The number of aliphatic carboxylic acids is 1. The fourth-order valence-electron chi connectivity index (χ4n) is 1.71. The summed E-state index contributed by atoms with van der Waals surface area (Å²) in [5.74, 6) is -0.428. The molecule has 4 N–H and O–H groups in total. The van der Waals surface area contributed by atoms with Crippen LogP contribution in [0.4, 0.5) is 4.79 Å². The Morgan fingerprint density at radius 1 is 1.45 bits per heavy atom. The van der Waals surface area contributed by atoms with Gasteiger partial charge in [-0.05, 0) is 25.5 Å². The third kappa shape index (κ3) is 6.24. The van der Waals surface area contributed by atoms with E-state index in [0.717, 1.165) is 0 Å². The van der Waals surface area contributed by atoms with Crippen molar-refractivity contribution in [1.82, 2.24) is 10.6 Å². The first-order valence-corrected chi connectivity index (χ1v) is 6.46. The number of carboxylic acid groups (broad SMARTS) is 1. The van der Waals surface area contributed by atoms with Crippen LogP contribution in [0.3, 0.4) is 0 Å². The molecule has 1 heterocycles. The Balaban J connectivity index is 2.19. The molecule has 7 heteroatoms. The SMILES string of the molecule is CC(CC(O)c1ccco1)NC(=O)NCCCC(=O)O. The number of aliphatic hydroxyl groups is 1. The highest BCUT2D eigenvalue weighted by atomic mass is 16.4. The summed E-state index contributed by atoms with van der Waals surface area (Å²) < 4.78 is 5.07. The van der Waals surface area contributed by atoms with Gasteiger partial charge < -0.3 is 25.3 Å². The molecular weight excluding hydrogens is 264 g/mol. The topological polar surface area (TPSA) is 112 Å². The lowest BCUT2D eigenvalue weighted by Crippen LogP contribution is -2.41. The molecule has 20 heavy (non-hydrogen) atoms. The first-order valence-electron chi connectivity index (χ1n) is 6.46. The third-order valence-corrected chi connectivity index (χ3v) is 2.68. The number of hydrogen-bond acceptors (Lipinski definition) is 4. The number of furan rings is 1. The minimum atomic E-state index is -0.887. The predicted octanol–water partition coefficient (Wildman–Crippen LogP) is 1.26. The van der Waals surface area contributed by atoms with Gasteiger partial charge in [-0.3, -0.25) is 4.79 Å². The van der Waals surface area contributed by atoms with Gasteiger partial charge in [0.15, 0.2) is 0 Å². The van der Waals surface area contributed by atoms with E-state index in [0.29, 0.717) is 25.1 Å². The quantitative estimate of drug-likeness (QED) is 0.537. The summed E-state index contributed by atoms with van der Waals surface area (Å²) in [5.41, 5.74) is 0. The molecule has 0 radical (unpaired) electrons. The van der Waals surface area contributed by atoms with Gasteiger partial charge in [-0.15, -0.1) is 0 Å². The number of amides is 2. The molecular formula is C13H20N2O5. The van der Waals surface area contributed by atoms with Crippen LogP contribution < -0.4 is 10.6 Å². The molecule has 0 aliphatic carbocycles. The summed E-state index contributed by atoms with van der Waals surface area (Å²) in [6.45, 7) is 2.06. The number of hydrogen-bond donors (Lipinski definition) is 4. The van der Waals surface area contributed by atoms with Crippen LogP contribution in [0.5, 0.6) is 0 Å². The first kappa shape index (κ1) is 16.0. The second kappa shape index (κ2) is 8.21. The Morgan fingerprint density at radius 3 is 2.80 bits per heavy atom. The van der Waals surface area contributed by atoms with Gasteiger partial charge in [0.25, 0.3) is 0 Å². The molecule has 0 aliphatic rings. The number of carbonyl (C=O) groups excluding carboxylic acids is 1. The Morgan fingerprint density at radius 2 is 2.20 bits per heavy atom. The van der Waals surface area contributed by atoms with Gasteiger partial charge in [0.1, 0.15) is 11.9 Å². The van der Waals surface area contributed by atoms with Crippen LogP contribution in [-0.2, 0) is 4.79 Å². The van der Waals surface area contributed by atoms with E-state index in [1.165, 1.54) is 6.26 Å². The van der Waals surface area contributed by atoms with Crippen molar-refractivity contribution in [3.8, 4) is 0 Å². The van der Waals surface area contributed by atoms with Crippen molar-refractivity contribution in [2.45, 2.75) is 38.3 Å². The van der Waals surface area contributed by atoms with E-state index in [-0.39, 0.29) is 18.5 Å². The normalized spacial score (nSPS) is 13.5. The molecule has 112 valence electrons. The molecule has 7 nitrogen and oxygen atoms in total. The van der Waals surface area contributed by atoms with Crippen LogP contribution in [0.1, 0.15) is 38.1 Å². The number of carboxylic acids is 1. The predicted molar refractivity (Wildman–Crippen MR) is 71.2 cm³/mol. The highest BCUT2D eigenvalue weighted by molar-refractivity contribution is 5.74. The summed E-state index contributed by atoms with van der Waals surface area (Å²) in [5, 5.41) is 23.5. The molecule has 0 bridgehead atoms. The monoisotopic (exact) mass is 284 g/mol. The average molecular weight is 284 g/mol. The second-order valence-electron chi connectivity index (χ2n) is 4.57. The Labute approximate surface area is 117 Å². The van der Waals surface area contributed by atoms with Crippen molar-refractivity contribution in [2.75, 3.05) is 6.54 Å². The van der Waals surface area contributed by atoms with E-state index >= 15 is 0 Å². The molecule has 0 saturated carbocycles. The van der Waals surface area contributed by atoms with Crippen molar-refractivity contribution in [1.29, 1.82) is 0 Å². The lowest BCUT2D eigenvalue weighted by atomic mass is 10.1. The molecule has 2 amide bonds. The number of carbonyl (C=O) groups is 2. The fourth-order valence-corrected chi connectivity index (χ4v) is 1.71. The highest BCUT2D eigenvalue weighted by Crippen LogP contribution is 2.18. The van der Waals surface area contributed by atoms with Crippen LogP contribution in [0.15, 0.2) is 22.8 Å². The maximum atomic E-state index is 11.5. The maximum Gasteiger partial charge on any atom is 0.314 e. The van der Waals surface area contributed by atoms with Gasteiger partial charge in [0.05, 0.1) is 6.26 Å². The first-order chi connectivity index (χ1) is 9.49. The van der Waals surface area contributed by atoms with E-state index in [1.807, 2.05) is 0 Å². The summed E-state index contributed by atoms with van der Waals surface area (Å²) in [6.07, 6.45) is 1.44. The zero-order valence-corrected chi connectivity index (χ0v) is 11.3. The zero-order chi connectivity index (χ0) is 15.0. The van der Waals surface area contributed by atoms with E-state index in [2.05, 4.69) is 10.6 Å². The van der Waals surface area contributed by atoms with Gasteiger partial charge in [-0.25, -0.2) is 4.79 Å². The largest absolute Gasteiger partial charge is 0.481 e. The summed E-state index contributed by atoms with van der Waals surface area (Å²) in [7, 11) is 0. The van der Waals surface area contributed by atoms with Gasteiger partial charge in [0.2, 0.25) is 0 Å². The van der Waals surface area contributed by atoms with Crippen LogP contribution >= 0.6 is 0 Å². The average Bonchev–Trinajstić information content (AvgIpc) is 2.88. The number of nitrogens with one attached hydrogen (secondary N) is 2. The minimum absolute atomic E-state index is 0.0209. The van der Waals surface area contributed by atoms with Crippen LogP contribution in [0, 0.1) is 0 Å².